The van der Waals surface area contributed by atoms with Crippen molar-refractivity contribution in [2.45, 2.75) is 32.1 Å². The van der Waals surface area contributed by atoms with Gasteiger partial charge in [-0.3, -0.25) is 9.59 Å². The molecular weight excluding hydrogens is 348 g/mol. The van der Waals surface area contributed by atoms with Gasteiger partial charge in [0.15, 0.2) is 0 Å². The molecule has 0 unspecified atom stereocenters. The number of nitrogens with zero attached hydrogens (tertiary/aromatic N) is 1. The quantitative estimate of drug-likeness (QED) is 0.840. The third-order valence-electron chi connectivity index (χ3n) is 4.61. The van der Waals surface area contributed by atoms with Crippen LogP contribution >= 0.6 is 11.6 Å². The van der Waals surface area contributed by atoms with Gasteiger partial charge in [-0.05, 0) is 67.6 Å². The Morgan fingerprint density at radius 1 is 0.923 bits per heavy atom. The highest BCUT2D eigenvalue weighted by Gasteiger charge is 2.17. The van der Waals surface area contributed by atoms with Gasteiger partial charge in [-0.15, -0.1) is 0 Å². The minimum absolute atomic E-state index is 0.0462. The lowest BCUT2D eigenvalue weighted by Gasteiger charge is -2.26. The number of likely N-dealkylation sites (tertiary alicyclic amines) is 1. The van der Waals surface area contributed by atoms with Crippen LogP contribution in [0.4, 0.5) is 5.69 Å². The number of hydrogen-bond acceptors (Lipinski definition) is 2. The van der Waals surface area contributed by atoms with Gasteiger partial charge in [-0.1, -0.05) is 23.7 Å². The van der Waals surface area contributed by atoms with Gasteiger partial charge in [0.1, 0.15) is 0 Å². The molecule has 26 heavy (non-hydrogen) atoms. The monoisotopic (exact) mass is 370 g/mol. The number of piperidine rings is 1. The Bertz CT molecular complexity index is 751. The van der Waals surface area contributed by atoms with Gasteiger partial charge in [0.05, 0.1) is 0 Å². The normalized spacial score (nSPS) is 14.1. The summed E-state index contributed by atoms with van der Waals surface area (Å²) in [4.78, 5) is 26.5. The van der Waals surface area contributed by atoms with E-state index in [1.165, 1.54) is 6.42 Å². The summed E-state index contributed by atoms with van der Waals surface area (Å²) >= 11 is 5.86. The van der Waals surface area contributed by atoms with Crippen LogP contribution in [-0.2, 0) is 11.2 Å². The number of amides is 2. The summed E-state index contributed by atoms with van der Waals surface area (Å²) < 4.78 is 0. The van der Waals surface area contributed by atoms with Crippen LogP contribution in [0.2, 0.25) is 5.02 Å². The molecule has 0 bridgehead atoms. The van der Waals surface area contributed by atoms with Gasteiger partial charge in [0, 0.05) is 35.8 Å². The van der Waals surface area contributed by atoms with Crippen molar-refractivity contribution < 1.29 is 9.59 Å². The molecule has 2 amide bonds. The number of carbonyl (C=O) groups is 2. The van der Waals surface area contributed by atoms with E-state index in [0.717, 1.165) is 31.5 Å². The molecule has 2 aromatic rings. The molecule has 0 atom stereocenters. The summed E-state index contributed by atoms with van der Waals surface area (Å²) in [7, 11) is 0. The SMILES string of the molecule is O=C(CCc1ccc(Cl)cc1)Nc1ccc(C(=O)N2CCCCC2)cc1. The molecular formula is C21H23ClN2O2. The van der Waals surface area contributed by atoms with E-state index < -0.39 is 0 Å². The van der Waals surface area contributed by atoms with E-state index in [-0.39, 0.29) is 11.8 Å². The van der Waals surface area contributed by atoms with Crippen molar-refractivity contribution >= 4 is 29.1 Å². The van der Waals surface area contributed by atoms with Gasteiger partial charge in [-0.2, -0.15) is 0 Å². The van der Waals surface area contributed by atoms with E-state index in [1.807, 2.05) is 29.2 Å². The van der Waals surface area contributed by atoms with Crippen molar-refractivity contribution in [3.63, 3.8) is 0 Å². The molecule has 0 aliphatic carbocycles. The number of carbonyl (C=O) groups excluding carboxylic acids is 2. The van der Waals surface area contributed by atoms with E-state index in [9.17, 15) is 9.59 Å². The second-order valence-electron chi connectivity index (χ2n) is 6.60. The zero-order valence-corrected chi connectivity index (χ0v) is 15.5. The van der Waals surface area contributed by atoms with E-state index >= 15 is 0 Å². The number of halogens is 1. The molecule has 1 N–H and O–H groups in total. The zero-order chi connectivity index (χ0) is 18.4. The average Bonchev–Trinajstić information content (AvgIpc) is 2.68. The molecule has 1 fully saturated rings. The second-order valence-corrected chi connectivity index (χ2v) is 7.04. The van der Waals surface area contributed by atoms with Crippen LogP contribution in [0.25, 0.3) is 0 Å². The topological polar surface area (TPSA) is 49.4 Å². The van der Waals surface area contributed by atoms with Crippen molar-refractivity contribution in [3.8, 4) is 0 Å². The molecule has 0 spiro atoms. The summed E-state index contributed by atoms with van der Waals surface area (Å²) in [5.41, 5.74) is 2.46. The lowest BCUT2D eigenvalue weighted by Crippen LogP contribution is -2.35. The molecule has 0 saturated carbocycles. The van der Waals surface area contributed by atoms with Gasteiger partial charge in [-0.25, -0.2) is 0 Å². The van der Waals surface area contributed by atoms with Crippen molar-refractivity contribution in [1.29, 1.82) is 0 Å². The van der Waals surface area contributed by atoms with Crippen LogP contribution in [0.3, 0.4) is 0 Å². The van der Waals surface area contributed by atoms with Crippen molar-refractivity contribution in [2.75, 3.05) is 18.4 Å². The molecule has 1 aliphatic rings. The summed E-state index contributed by atoms with van der Waals surface area (Å²) in [6, 6.07) is 14.7. The van der Waals surface area contributed by atoms with Crippen LogP contribution in [0.5, 0.6) is 0 Å². The minimum Gasteiger partial charge on any atom is -0.339 e. The third kappa shape index (κ3) is 5.09. The molecule has 1 heterocycles. The highest BCUT2D eigenvalue weighted by atomic mass is 35.5. The first-order valence-electron chi connectivity index (χ1n) is 9.05. The first-order chi connectivity index (χ1) is 12.6. The smallest absolute Gasteiger partial charge is 0.253 e. The number of aryl methyl sites for hydroxylation is 1. The van der Waals surface area contributed by atoms with Crippen LogP contribution in [0.15, 0.2) is 48.5 Å². The average molecular weight is 371 g/mol. The van der Waals surface area contributed by atoms with E-state index in [0.29, 0.717) is 29.1 Å². The highest BCUT2D eigenvalue weighted by molar-refractivity contribution is 6.30. The molecule has 136 valence electrons. The van der Waals surface area contributed by atoms with Crippen molar-refractivity contribution in [1.82, 2.24) is 4.90 Å². The largest absolute Gasteiger partial charge is 0.339 e. The molecule has 1 aliphatic heterocycles. The molecule has 4 nitrogen and oxygen atoms in total. The Labute approximate surface area is 159 Å². The molecule has 0 radical (unpaired) electrons. The summed E-state index contributed by atoms with van der Waals surface area (Å²) in [6.07, 6.45) is 4.41. The molecule has 1 saturated heterocycles. The van der Waals surface area contributed by atoms with Gasteiger partial charge >= 0.3 is 0 Å². The number of hydrogen-bond donors (Lipinski definition) is 1. The fourth-order valence-electron chi connectivity index (χ4n) is 3.11. The van der Waals surface area contributed by atoms with E-state index in [2.05, 4.69) is 5.32 Å². The first kappa shape index (κ1) is 18.5. The summed E-state index contributed by atoms with van der Waals surface area (Å²) in [5, 5.41) is 3.57. The number of benzene rings is 2. The molecule has 0 aromatic heterocycles. The fourth-order valence-corrected chi connectivity index (χ4v) is 3.23. The first-order valence-corrected chi connectivity index (χ1v) is 9.43. The van der Waals surface area contributed by atoms with E-state index in [4.69, 9.17) is 11.6 Å². The molecule has 2 aromatic carbocycles. The van der Waals surface area contributed by atoms with Crippen molar-refractivity contribution in [3.05, 3.63) is 64.7 Å². The van der Waals surface area contributed by atoms with Crippen LogP contribution in [0.1, 0.15) is 41.6 Å². The predicted molar refractivity (Wildman–Crippen MR) is 105 cm³/mol. The maximum absolute atomic E-state index is 12.4. The molecule has 5 heteroatoms. The number of rotatable bonds is 5. The van der Waals surface area contributed by atoms with Gasteiger partial charge in [0.25, 0.3) is 5.91 Å². The zero-order valence-electron chi connectivity index (χ0n) is 14.7. The Balaban J connectivity index is 1.50. The Morgan fingerprint density at radius 3 is 2.23 bits per heavy atom. The Kier molecular flexibility index (Phi) is 6.29. The van der Waals surface area contributed by atoms with Crippen LogP contribution in [0, 0.1) is 0 Å². The fraction of sp³-hybridized carbons (Fsp3) is 0.333. The Morgan fingerprint density at radius 2 is 1.58 bits per heavy atom. The summed E-state index contributed by atoms with van der Waals surface area (Å²) in [6.45, 7) is 1.67. The van der Waals surface area contributed by atoms with Crippen LogP contribution in [-0.4, -0.2) is 29.8 Å². The maximum Gasteiger partial charge on any atom is 0.253 e. The third-order valence-corrected chi connectivity index (χ3v) is 4.86. The van der Waals surface area contributed by atoms with E-state index in [1.54, 1.807) is 24.3 Å². The highest BCUT2D eigenvalue weighted by Crippen LogP contribution is 2.16. The van der Waals surface area contributed by atoms with Crippen LogP contribution < -0.4 is 5.32 Å². The Hall–Kier alpha value is -2.33. The standard InChI is InChI=1S/C21H23ClN2O2/c22-18-9-4-16(5-10-18)6-13-20(25)23-19-11-7-17(8-12-19)21(26)24-14-2-1-3-15-24/h4-5,7-12H,1-3,6,13-15H2,(H,23,25). The predicted octanol–water partition coefficient (Wildman–Crippen LogP) is 4.54. The lowest BCUT2D eigenvalue weighted by molar-refractivity contribution is -0.116. The lowest BCUT2D eigenvalue weighted by atomic mass is 10.1. The number of nitrogens with one attached hydrogen (secondary N) is 1. The summed E-state index contributed by atoms with van der Waals surface area (Å²) in [5.74, 6) is 0.0281. The number of anilines is 1. The van der Waals surface area contributed by atoms with Crippen molar-refractivity contribution in [2.24, 2.45) is 0 Å². The molecule has 3 rings (SSSR count). The van der Waals surface area contributed by atoms with Gasteiger partial charge in [0.2, 0.25) is 5.91 Å². The maximum atomic E-state index is 12.4. The second kappa shape index (κ2) is 8.86. The minimum atomic E-state index is -0.0462. The van der Waals surface area contributed by atoms with Gasteiger partial charge < -0.3 is 10.2 Å².